The van der Waals surface area contributed by atoms with Crippen molar-refractivity contribution in [2.75, 3.05) is 6.61 Å². The highest BCUT2D eigenvalue weighted by Gasteiger charge is 2.10. The summed E-state index contributed by atoms with van der Waals surface area (Å²) in [6.07, 6.45) is 3.36. The summed E-state index contributed by atoms with van der Waals surface area (Å²) < 4.78 is 11.0. The zero-order chi connectivity index (χ0) is 24.6. The normalized spacial score (nSPS) is 10.4. The molecule has 1 aromatic heterocycles. The number of hydrogen-bond donors (Lipinski definition) is 0. The SMILES string of the molecule is C=CC(=O)Cc1ccc(-c2ccc(OC(=O)c3ccc(-c4ccc(OCC)cn4)cc3)cc2)cc1. The van der Waals surface area contributed by atoms with Crippen LogP contribution in [-0.2, 0) is 11.2 Å². The van der Waals surface area contributed by atoms with Crippen LogP contribution in [0.25, 0.3) is 22.4 Å². The summed E-state index contributed by atoms with van der Waals surface area (Å²) in [4.78, 5) is 28.5. The topological polar surface area (TPSA) is 65.5 Å². The number of benzene rings is 3. The maximum atomic E-state index is 12.6. The molecule has 174 valence electrons. The largest absolute Gasteiger partial charge is 0.492 e. The number of rotatable bonds is 9. The fourth-order valence-corrected chi connectivity index (χ4v) is 3.55. The third kappa shape index (κ3) is 6.09. The van der Waals surface area contributed by atoms with E-state index in [0.29, 0.717) is 24.3 Å². The van der Waals surface area contributed by atoms with E-state index in [0.717, 1.165) is 33.7 Å². The van der Waals surface area contributed by atoms with Gasteiger partial charge in [0.25, 0.3) is 0 Å². The number of nitrogens with zero attached hydrogens (tertiary/aromatic N) is 1. The zero-order valence-electron chi connectivity index (χ0n) is 19.4. The van der Waals surface area contributed by atoms with Gasteiger partial charge in [0.05, 0.1) is 24.1 Å². The smallest absolute Gasteiger partial charge is 0.343 e. The van der Waals surface area contributed by atoms with Gasteiger partial charge < -0.3 is 9.47 Å². The van der Waals surface area contributed by atoms with Gasteiger partial charge >= 0.3 is 5.97 Å². The van der Waals surface area contributed by atoms with Crippen molar-refractivity contribution in [3.63, 3.8) is 0 Å². The van der Waals surface area contributed by atoms with Crippen LogP contribution in [0.5, 0.6) is 11.5 Å². The summed E-state index contributed by atoms with van der Waals surface area (Å²) in [5.74, 6) is 0.746. The van der Waals surface area contributed by atoms with Gasteiger partial charge in [-0.3, -0.25) is 9.78 Å². The third-order valence-corrected chi connectivity index (χ3v) is 5.42. The van der Waals surface area contributed by atoms with E-state index in [1.807, 2.05) is 67.6 Å². The van der Waals surface area contributed by atoms with Crippen LogP contribution in [0, 0.1) is 0 Å². The highest BCUT2D eigenvalue weighted by molar-refractivity contribution is 5.92. The Hall–Kier alpha value is -4.51. The highest BCUT2D eigenvalue weighted by atomic mass is 16.5. The van der Waals surface area contributed by atoms with Crippen molar-refractivity contribution >= 4 is 11.8 Å². The molecular weight excluding hydrogens is 438 g/mol. The van der Waals surface area contributed by atoms with Crippen LogP contribution in [0.1, 0.15) is 22.8 Å². The number of hydrogen-bond acceptors (Lipinski definition) is 5. The summed E-state index contributed by atoms with van der Waals surface area (Å²) in [6.45, 7) is 6.02. The first-order valence-electron chi connectivity index (χ1n) is 11.3. The molecule has 0 N–H and O–H groups in total. The van der Waals surface area contributed by atoms with Crippen molar-refractivity contribution in [3.8, 4) is 33.9 Å². The molecule has 5 heteroatoms. The highest BCUT2D eigenvalue weighted by Crippen LogP contribution is 2.24. The van der Waals surface area contributed by atoms with Gasteiger partial charge in [0.2, 0.25) is 0 Å². The molecule has 35 heavy (non-hydrogen) atoms. The molecule has 0 atom stereocenters. The van der Waals surface area contributed by atoms with Gasteiger partial charge in [0, 0.05) is 12.0 Å². The van der Waals surface area contributed by atoms with Crippen molar-refractivity contribution in [1.29, 1.82) is 0 Å². The summed E-state index contributed by atoms with van der Waals surface area (Å²) in [7, 11) is 0. The van der Waals surface area contributed by atoms with Gasteiger partial charge in [0.1, 0.15) is 11.5 Å². The minimum absolute atomic E-state index is 0.00797. The Morgan fingerprint density at radius 2 is 1.40 bits per heavy atom. The van der Waals surface area contributed by atoms with Crippen LogP contribution in [0.2, 0.25) is 0 Å². The molecule has 4 rings (SSSR count). The predicted octanol–water partition coefficient (Wildman–Crippen LogP) is 6.33. The van der Waals surface area contributed by atoms with Crippen LogP contribution < -0.4 is 9.47 Å². The van der Waals surface area contributed by atoms with Crippen molar-refractivity contribution in [2.45, 2.75) is 13.3 Å². The summed E-state index contributed by atoms with van der Waals surface area (Å²) in [5.41, 5.74) is 5.08. The average molecular weight is 464 g/mol. The number of ether oxygens (including phenoxy) is 2. The first kappa shape index (κ1) is 23.6. The van der Waals surface area contributed by atoms with Gasteiger partial charge in [-0.1, -0.05) is 55.1 Å². The van der Waals surface area contributed by atoms with Crippen molar-refractivity contribution in [1.82, 2.24) is 4.98 Å². The van der Waals surface area contributed by atoms with Gasteiger partial charge in [-0.05, 0) is 66.1 Å². The Balaban J connectivity index is 1.38. The molecule has 0 radical (unpaired) electrons. The number of aromatic nitrogens is 1. The molecule has 3 aromatic carbocycles. The summed E-state index contributed by atoms with van der Waals surface area (Å²) >= 11 is 0. The van der Waals surface area contributed by atoms with Gasteiger partial charge in [-0.2, -0.15) is 0 Å². The van der Waals surface area contributed by atoms with E-state index < -0.39 is 5.97 Å². The standard InChI is InChI=1S/C30H25NO4/c1-3-26(32)19-21-5-7-22(8-6-21)23-13-15-27(16-14-23)35-30(33)25-11-9-24(10-12-25)29-18-17-28(20-31-29)34-4-2/h3,5-18,20H,1,4,19H2,2H3. The van der Waals surface area contributed by atoms with Crippen LogP contribution in [0.4, 0.5) is 0 Å². The minimum atomic E-state index is -0.430. The lowest BCUT2D eigenvalue weighted by molar-refractivity contribution is -0.114. The maximum Gasteiger partial charge on any atom is 0.343 e. The van der Waals surface area contributed by atoms with Gasteiger partial charge in [-0.25, -0.2) is 4.79 Å². The molecule has 5 nitrogen and oxygen atoms in total. The number of allylic oxidation sites excluding steroid dienone is 1. The van der Waals surface area contributed by atoms with Crippen molar-refractivity contribution < 1.29 is 19.1 Å². The molecule has 1 heterocycles. The van der Waals surface area contributed by atoms with E-state index in [9.17, 15) is 9.59 Å². The second kappa shape index (κ2) is 11.1. The monoisotopic (exact) mass is 463 g/mol. The number of carbonyl (C=O) groups excluding carboxylic acids is 2. The van der Waals surface area contributed by atoms with E-state index in [4.69, 9.17) is 9.47 Å². The molecule has 4 aromatic rings. The second-order valence-corrected chi connectivity index (χ2v) is 7.85. The van der Waals surface area contributed by atoms with Crippen LogP contribution in [-0.4, -0.2) is 23.3 Å². The van der Waals surface area contributed by atoms with Gasteiger partial charge in [-0.15, -0.1) is 0 Å². The Morgan fingerprint density at radius 3 is 1.97 bits per heavy atom. The lowest BCUT2D eigenvalue weighted by Gasteiger charge is -2.08. The minimum Gasteiger partial charge on any atom is -0.492 e. The average Bonchev–Trinajstić information content (AvgIpc) is 2.90. The fraction of sp³-hybridized carbons (Fsp3) is 0.100. The first-order chi connectivity index (χ1) is 17.1. The van der Waals surface area contributed by atoms with E-state index in [1.54, 1.807) is 30.5 Å². The number of esters is 1. The number of pyridine rings is 1. The maximum absolute atomic E-state index is 12.6. The van der Waals surface area contributed by atoms with E-state index >= 15 is 0 Å². The summed E-state index contributed by atoms with van der Waals surface area (Å²) in [6, 6.07) is 26.0. The molecule has 0 aliphatic heterocycles. The molecule has 0 saturated carbocycles. The van der Waals surface area contributed by atoms with Crippen molar-refractivity contribution in [2.24, 2.45) is 0 Å². The van der Waals surface area contributed by atoms with Crippen LogP contribution in [0.15, 0.2) is 104 Å². The lowest BCUT2D eigenvalue weighted by atomic mass is 10.0. The van der Waals surface area contributed by atoms with E-state index in [1.165, 1.54) is 6.08 Å². The Bertz CT molecular complexity index is 1310. The zero-order valence-corrected chi connectivity index (χ0v) is 19.4. The van der Waals surface area contributed by atoms with Crippen molar-refractivity contribution in [3.05, 3.63) is 115 Å². The predicted molar refractivity (Wildman–Crippen MR) is 137 cm³/mol. The molecular formula is C30H25NO4. The Labute approximate surface area is 204 Å². The third-order valence-electron chi connectivity index (χ3n) is 5.42. The molecule has 0 amide bonds. The quantitative estimate of drug-likeness (QED) is 0.165. The molecule has 0 aliphatic rings. The molecule has 0 bridgehead atoms. The van der Waals surface area contributed by atoms with Crippen LogP contribution >= 0.6 is 0 Å². The number of carbonyl (C=O) groups is 2. The fourth-order valence-electron chi connectivity index (χ4n) is 3.55. The number of ketones is 1. The summed E-state index contributed by atoms with van der Waals surface area (Å²) in [5, 5.41) is 0. The first-order valence-corrected chi connectivity index (χ1v) is 11.3. The molecule has 0 aliphatic carbocycles. The molecule has 0 unspecified atom stereocenters. The van der Waals surface area contributed by atoms with Gasteiger partial charge in [0.15, 0.2) is 5.78 Å². The molecule has 0 spiro atoms. The van der Waals surface area contributed by atoms with E-state index in [-0.39, 0.29) is 5.78 Å². The Kier molecular flexibility index (Phi) is 7.48. The van der Waals surface area contributed by atoms with Crippen LogP contribution in [0.3, 0.4) is 0 Å². The molecule has 0 fully saturated rings. The lowest BCUT2D eigenvalue weighted by Crippen LogP contribution is -2.08. The van der Waals surface area contributed by atoms with E-state index in [2.05, 4.69) is 11.6 Å². The Morgan fingerprint density at radius 1 is 0.800 bits per heavy atom. The second-order valence-electron chi connectivity index (χ2n) is 7.85. The molecule has 0 saturated heterocycles.